The molecule has 1 heterocycles. The molecule has 1 amide bonds. The van der Waals surface area contributed by atoms with Crippen LogP contribution in [0.3, 0.4) is 0 Å². The van der Waals surface area contributed by atoms with E-state index < -0.39 is 11.6 Å². The number of carbonyl (C=O) groups excluding carboxylic acids is 1. The van der Waals surface area contributed by atoms with Crippen molar-refractivity contribution in [3.8, 4) is 5.69 Å². The van der Waals surface area contributed by atoms with Crippen molar-refractivity contribution < 1.29 is 13.6 Å². The number of halogens is 2. The number of rotatable bonds is 5. The summed E-state index contributed by atoms with van der Waals surface area (Å²) in [5.41, 5.74) is 0.284. The van der Waals surface area contributed by atoms with Crippen LogP contribution in [0, 0.1) is 17.6 Å². The minimum atomic E-state index is -0.988. The summed E-state index contributed by atoms with van der Waals surface area (Å²) in [6.07, 6.45) is 0.396. The van der Waals surface area contributed by atoms with Crippen LogP contribution in [-0.2, 0) is 11.3 Å². The Morgan fingerprint density at radius 2 is 2.10 bits per heavy atom. The Labute approximate surface area is 120 Å². The maximum atomic E-state index is 13.2. The highest BCUT2D eigenvalue weighted by Gasteiger charge is 2.12. The average Bonchev–Trinajstić information content (AvgIpc) is 2.87. The van der Waals surface area contributed by atoms with Crippen LogP contribution >= 0.6 is 0 Å². The molecule has 2 aromatic rings. The lowest BCUT2D eigenvalue weighted by molar-refractivity contribution is -0.122. The molecule has 1 aromatic carbocycles. The van der Waals surface area contributed by atoms with Gasteiger partial charge in [-0.05, 0) is 28.5 Å². The van der Waals surface area contributed by atoms with Crippen molar-refractivity contribution in [2.45, 2.75) is 26.8 Å². The second-order valence-electron chi connectivity index (χ2n) is 4.98. The van der Waals surface area contributed by atoms with Gasteiger partial charge in [0.1, 0.15) is 0 Å². The number of nitrogens with one attached hydrogen (secondary N) is 1. The minimum absolute atomic E-state index is 0.109. The molecular formula is C13H15F2N5O. The van der Waals surface area contributed by atoms with Crippen LogP contribution < -0.4 is 5.32 Å². The lowest BCUT2D eigenvalue weighted by Crippen LogP contribution is -2.25. The monoisotopic (exact) mass is 295 g/mol. The summed E-state index contributed by atoms with van der Waals surface area (Å²) in [5.74, 6) is -1.48. The molecule has 0 bridgehead atoms. The number of carbonyl (C=O) groups is 1. The third kappa shape index (κ3) is 3.80. The zero-order valence-corrected chi connectivity index (χ0v) is 11.7. The van der Waals surface area contributed by atoms with Gasteiger partial charge in [-0.15, -0.1) is 5.10 Å². The van der Waals surface area contributed by atoms with E-state index in [2.05, 4.69) is 20.8 Å². The van der Waals surface area contributed by atoms with Crippen LogP contribution in [-0.4, -0.2) is 26.1 Å². The largest absolute Gasteiger partial charge is 0.349 e. The van der Waals surface area contributed by atoms with Gasteiger partial charge >= 0.3 is 0 Å². The molecule has 0 atom stereocenters. The molecule has 0 radical (unpaired) electrons. The van der Waals surface area contributed by atoms with E-state index in [1.807, 2.05) is 13.8 Å². The van der Waals surface area contributed by atoms with Crippen molar-refractivity contribution in [2.75, 3.05) is 0 Å². The summed E-state index contributed by atoms with van der Waals surface area (Å²) in [7, 11) is 0. The van der Waals surface area contributed by atoms with Gasteiger partial charge in [-0.2, -0.15) is 4.68 Å². The van der Waals surface area contributed by atoms with E-state index in [9.17, 15) is 13.6 Å². The van der Waals surface area contributed by atoms with E-state index >= 15 is 0 Å². The molecule has 0 aliphatic carbocycles. The topological polar surface area (TPSA) is 72.7 Å². The van der Waals surface area contributed by atoms with Gasteiger partial charge in [0.2, 0.25) is 5.91 Å². The Morgan fingerprint density at radius 1 is 1.33 bits per heavy atom. The van der Waals surface area contributed by atoms with Crippen LogP contribution in [0.5, 0.6) is 0 Å². The average molecular weight is 295 g/mol. The maximum Gasteiger partial charge on any atom is 0.220 e. The van der Waals surface area contributed by atoms with Crippen LogP contribution in [0.4, 0.5) is 8.78 Å². The first-order valence-electron chi connectivity index (χ1n) is 6.46. The van der Waals surface area contributed by atoms with Crippen LogP contribution in [0.2, 0.25) is 0 Å². The Hall–Kier alpha value is -2.38. The number of amides is 1. The Balaban J connectivity index is 2.11. The van der Waals surface area contributed by atoms with Gasteiger partial charge in [0.15, 0.2) is 17.5 Å². The molecular weight excluding hydrogens is 280 g/mol. The van der Waals surface area contributed by atoms with E-state index in [-0.39, 0.29) is 24.1 Å². The summed E-state index contributed by atoms with van der Waals surface area (Å²) in [4.78, 5) is 11.6. The standard InChI is InChI=1S/C13H15F2N5O/c1-8(2)5-13(21)16-7-12-17-18-19-20(12)9-3-4-10(14)11(15)6-9/h3-4,6,8H,5,7H2,1-2H3,(H,16,21). The van der Waals surface area contributed by atoms with Gasteiger partial charge in [-0.3, -0.25) is 4.79 Å². The van der Waals surface area contributed by atoms with Crippen LogP contribution in [0.1, 0.15) is 26.1 Å². The fourth-order valence-electron chi connectivity index (χ4n) is 1.75. The molecule has 2 rings (SSSR count). The zero-order chi connectivity index (χ0) is 15.4. The first kappa shape index (κ1) is 15.0. The lowest BCUT2D eigenvalue weighted by atomic mass is 10.1. The van der Waals surface area contributed by atoms with Gasteiger partial charge in [-0.25, -0.2) is 8.78 Å². The molecule has 6 nitrogen and oxygen atoms in total. The quantitative estimate of drug-likeness (QED) is 0.909. The SMILES string of the molecule is CC(C)CC(=O)NCc1nnnn1-c1ccc(F)c(F)c1. The van der Waals surface area contributed by atoms with E-state index in [4.69, 9.17) is 0 Å². The molecule has 0 aliphatic rings. The minimum Gasteiger partial charge on any atom is -0.349 e. The van der Waals surface area contributed by atoms with E-state index in [1.165, 1.54) is 10.7 Å². The summed E-state index contributed by atoms with van der Waals surface area (Å²) in [6, 6.07) is 3.34. The van der Waals surface area contributed by atoms with Gasteiger partial charge in [0.05, 0.1) is 12.2 Å². The molecule has 0 aliphatic heterocycles. The van der Waals surface area contributed by atoms with Gasteiger partial charge < -0.3 is 5.32 Å². The summed E-state index contributed by atoms with van der Waals surface area (Å²) >= 11 is 0. The predicted octanol–water partition coefficient (Wildman–Crippen LogP) is 1.60. The molecule has 21 heavy (non-hydrogen) atoms. The Bertz CT molecular complexity index is 641. The normalized spacial score (nSPS) is 10.9. The summed E-state index contributed by atoms with van der Waals surface area (Å²) in [5, 5.41) is 13.6. The predicted molar refractivity (Wildman–Crippen MR) is 70.4 cm³/mol. The fourth-order valence-corrected chi connectivity index (χ4v) is 1.75. The second kappa shape index (κ2) is 6.38. The smallest absolute Gasteiger partial charge is 0.220 e. The van der Waals surface area contributed by atoms with Crippen molar-refractivity contribution in [3.63, 3.8) is 0 Å². The van der Waals surface area contributed by atoms with Crippen LogP contribution in [0.25, 0.3) is 5.69 Å². The number of hydrogen-bond donors (Lipinski definition) is 1. The lowest BCUT2D eigenvalue weighted by Gasteiger charge is -2.08. The highest BCUT2D eigenvalue weighted by molar-refractivity contribution is 5.75. The number of tetrazole rings is 1. The molecule has 0 saturated carbocycles. The molecule has 1 N–H and O–H groups in total. The maximum absolute atomic E-state index is 13.2. The van der Waals surface area contributed by atoms with E-state index in [1.54, 1.807) is 0 Å². The van der Waals surface area contributed by atoms with Crippen LogP contribution in [0.15, 0.2) is 18.2 Å². The summed E-state index contributed by atoms with van der Waals surface area (Å²) in [6.45, 7) is 3.98. The number of benzene rings is 1. The molecule has 0 spiro atoms. The van der Waals surface area contributed by atoms with Crippen molar-refractivity contribution in [2.24, 2.45) is 5.92 Å². The molecule has 8 heteroatoms. The first-order chi connectivity index (χ1) is 9.97. The van der Waals surface area contributed by atoms with Gasteiger partial charge in [0, 0.05) is 12.5 Å². The van der Waals surface area contributed by atoms with Crippen molar-refractivity contribution in [1.82, 2.24) is 25.5 Å². The molecule has 0 fully saturated rings. The van der Waals surface area contributed by atoms with E-state index in [0.29, 0.717) is 12.2 Å². The Kier molecular flexibility index (Phi) is 4.56. The molecule has 0 saturated heterocycles. The highest BCUT2D eigenvalue weighted by atomic mass is 19.2. The van der Waals surface area contributed by atoms with Crippen molar-refractivity contribution in [3.05, 3.63) is 35.7 Å². The first-order valence-corrected chi connectivity index (χ1v) is 6.46. The number of hydrogen-bond acceptors (Lipinski definition) is 4. The fraction of sp³-hybridized carbons (Fsp3) is 0.385. The Morgan fingerprint density at radius 3 is 2.76 bits per heavy atom. The third-order valence-corrected chi connectivity index (χ3v) is 2.72. The third-order valence-electron chi connectivity index (χ3n) is 2.72. The second-order valence-corrected chi connectivity index (χ2v) is 4.98. The van der Waals surface area contributed by atoms with Gasteiger partial charge in [0.25, 0.3) is 0 Å². The van der Waals surface area contributed by atoms with E-state index in [0.717, 1.165) is 12.1 Å². The number of aromatic nitrogens is 4. The highest BCUT2D eigenvalue weighted by Crippen LogP contribution is 2.13. The molecule has 112 valence electrons. The molecule has 1 aromatic heterocycles. The molecule has 0 unspecified atom stereocenters. The van der Waals surface area contributed by atoms with Crippen molar-refractivity contribution in [1.29, 1.82) is 0 Å². The van der Waals surface area contributed by atoms with Crippen molar-refractivity contribution >= 4 is 5.91 Å². The van der Waals surface area contributed by atoms with Gasteiger partial charge in [-0.1, -0.05) is 13.8 Å². The number of nitrogens with zero attached hydrogens (tertiary/aromatic N) is 4. The summed E-state index contributed by atoms with van der Waals surface area (Å²) < 4.78 is 27.4. The zero-order valence-electron chi connectivity index (χ0n) is 11.7.